The zero-order valence-corrected chi connectivity index (χ0v) is 27.6. The molecule has 2 bridgehead atoms. The molecule has 2 aliphatic heterocycles. The van der Waals surface area contributed by atoms with Gasteiger partial charge in [-0.25, -0.2) is 18.6 Å². The third kappa shape index (κ3) is 8.91. The number of allylic oxidation sites excluding steroid dienone is 2. The molecule has 10 heteroatoms. The van der Waals surface area contributed by atoms with Crippen molar-refractivity contribution in [2.24, 2.45) is 5.92 Å². The molecular formula is C31H38ClN2O5PPd. The third-order valence-electron chi connectivity index (χ3n) is 7.82. The van der Waals surface area contributed by atoms with E-state index in [-0.39, 0.29) is 34.3 Å². The zero-order chi connectivity index (χ0) is 29.8. The van der Waals surface area contributed by atoms with Gasteiger partial charge in [0, 0.05) is 37.4 Å². The van der Waals surface area contributed by atoms with E-state index in [9.17, 15) is 4.79 Å². The summed E-state index contributed by atoms with van der Waals surface area (Å²) < 4.78 is 34.0. The number of amides is 1. The van der Waals surface area contributed by atoms with Crippen molar-refractivity contribution in [3.8, 4) is 0 Å². The number of hydrogen-bond donors (Lipinski definition) is 0. The maximum absolute atomic E-state index is 12.5. The number of hydrogen-bond acceptors (Lipinski definition) is 6. The molecule has 0 aliphatic carbocycles. The Morgan fingerprint density at radius 3 is 2.05 bits per heavy atom. The van der Waals surface area contributed by atoms with Crippen LogP contribution in [0.4, 0.5) is 0 Å². The van der Waals surface area contributed by atoms with Gasteiger partial charge in [-0.2, -0.15) is 18.2 Å². The van der Waals surface area contributed by atoms with Crippen LogP contribution in [-0.4, -0.2) is 55.2 Å². The number of carbonyl (C=O) groups is 1. The summed E-state index contributed by atoms with van der Waals surface area (Å²) in [6.07, 6.45) is 1.05. The van der Waals surface area contributed by atoms with Gasteiger partial charge >= 0.3 is 20.4 Å². The molecule has 1 amide bonds. The topological polar surface area (TPSA) is 116 Å². The van der Waals surface area contributed by atoms with E-state index in [2.05, 4.69) is 106 Å². The minimum absolute atomic E-state index is 0. The Morgan fingerprint density at radius 2 is 1.49 bits per heavy atom. The number of rotatable bonds is 4. The third-order valence-corrected chi connectivity index (χ3v) is 11.3. The molecule has 3 aromatic rings. The van der Waals surface area contributed by atoms with E-state index < -0.39 is 10.2 Å². The molecule has 224 valence electrons. The average molecular weight is 692 g/mol. The molecular weight excluding hydrogens is 653 g/mol. The fourth-order valence-corrected chi connectivity index (χ4v) is 9.48. The quantitative estimate of drug-likeness (QED) is 0.177. The first-order valence-electron chi connectivity index (χ1n) is 13.1. The smallest absolute Gasteiger partial charge is 0.349 e. The van der Waals surface area contributed by atoms with Gasteiger partial charge in [0.25, 0.3) is 0 Å². The Hall–Kier alpha value is -1.69. The van der Waals surface area contributed by atoms with Crippen LogP contribution in [-0.2, 0) is 25.2 Å². The maximum atomic E-state index is 12.5. The second-order valence-electron chi connectivity index (χ2n) is 10.6. The molecule has 0 spiro atoms. The number of nitrogens with zero attached hydrogens (tertiary/aromatic N) is 2. The molecule has 0 unspecified atom stereocenters. The number of benzene rings is 3. The minimum Gasteiger partial charge on any atom is -0.349 e. The summed E-state index contributed by atoms with van der Waals surface area (Å²) in [4.78, 5) is 16.5. The average Bonchev–Trinajstić information content (AvgIpc) is 3.41. The SMILES string of the molecule is CC1=C(C)[C@@H]2[C@@H](C(=O)N(C)C)C[C@H]1[P@@]2c1ccccc1.C[C@@H](c1[c-]ccc2ccccc12)N(C)C.[O-][Cl+3]([O-])([O-])[O-].[Pd+2]. The number of carbonyl (C=O) groups excluding carboxylic acids is 1. The van der Waals surface area contributed by atoms with Crippen LogP contribution >= 0.6 is 7.92 Å². The molecule has 41 heavy (non-hydrogen) atoms. The molecule has 7 nitrogen and oxygen atoms in total. The van der Waals surface area contributed by atoms with Crippen molar-refractivity contribution in [2.75, 3.05) is 28.2 Å². The van der Waals surface area contributed by atoms with Gasteiger partial charge in [0.15, 0.2) is 0 Å². The summed E-state index contributed by atoms with van der Waals surface area (Å²) in [5.41, 5.74) is 5.39. The van der Waals surface area contributed by atoms with Crippen molar-refractivity contribution in [1.82, 2.24) is 9.80 Å². The van der Waals surface area contributed by atoms with Crippen LogP contribution in [0, 0.1) is 22.2 Å². The molecule has 2 aliphatic rings. The minimum atomic E-state index is -4.94. The largest absolute Gasteiger partial charge is 2.00 e. The summed E-state index contributed by atoms with van der Waals surface area (Å²) >= 11 is 0. The van der Waals surface area contributed by atoms with Crippen molar-refractivity contribution in [2.45, 2.75) is 44.6 Å². The Kier molecular flexibility index (Phi) is 13.1. The van der Waals surface area contributed by atoms with E-state index in [0.29, 0.717) is 23.3 Å². The van der Waals surface area contributed by atoms with Crippen LogP contribution in [0.2, 0.25) is 0 Å². The summed E-state index contributed by atoms with van der Waals surface area (Å²) in [6.45, 7) is 6.72. The van der Waals surface area contributed by atoms with Crippen LogP contribution < -0.4 is 23.9 Å². The predicted octanol–water partition coefficient (Wildman–Crippen LogP) is 1.49. The van der Waals surface area contributed by atoms with E-state index in [1.54, 1.807) is 10.5 Å². The molecule has 0 aromatic heterocycles. The fraction of sp³-hybridized carbons (Fsp3) is 0.387. The maximum Gasteiger partial charge on any atom is 2.00 e. The van der Waals surface area contributed by atoms with Crippen LogP contribution in [0.3, 0.4) is 0 Å². The molecule has 2 heterocycles. The van der Waals surface area contributed by atoms with Gasteiger partial charge in [-0.15, -0.1) is 32.6 Å². The Bertz CT molecular complexity index is 1320. The number of fused-ring (bicyclic) bond motifs is 3. The molecule has 5 rings (SSSR count). The van der Waals surface area contributed by atoms with E-state index in [1.807, 2.05) is 20.2 Å². The molecule has 1 fully saturated rings. The molecule has 5 atom stereocenters. The Morgan fingerprint density at radius 1 is 0.927 bits per heavy atom. The molecule has 1 saturated heterocycles. The Balaban J connectivity index is 0.000000248. The summed E-state index contributed by atoms with van der Waals surface area (Å²) in [7, 11) is 2.76. The first-order chi connectivity index (χ1) is 18.7. The van der Waals surface area contributed by atoms with Gasteiger partial charge in [0.05, 0.1) is 0 Å². The van der Waals surface area contributed by atoms with Crippen molar-refractivity contribution in [3.05, 3.63) is 89.5 Å². The van der Waals surface area contributed by atoms with Crippen molar-refractivity contribution < 1.29 is 54.1 Å². The van der Waals surface area contributed by atoms with E-state index in [0.717, 1.165) is 6.42 Å². The normalized spacial score (nSPS) is 21.9. The van der Waals surface area contributed by atoms with Gasteiger partial charge in [-0.05, 0) is 46.6 Å². The summed E-state index contributed by atoms with van der Waals surface area (Å²) in [6, 6.07) is 27.2. The van der Waals surface area contributed by atoms with E-state index in [1.165, 1.54) is 27.2 Å². The predicted molar refractivity (Wildman–Crippen MR) is 151 cm³/mol. The van der Waals surface area contributed by atoms with Gasteiger partial charge in [0.1, 0.15) is 0 Å². The van der Waals surface area contributed by atoms with E-state index in [4.69, 9.17) is 18.6 Å². The van der Waals surface area contributed by atoms with Gasteiger partial charge in [-0.1, -0.05) is 67.6 Å². The monoisotopic (exact) mass is 690 g/mol. The van der Waals surface area contributed by atoms with E-state index >= 15 is 0 Å². The number of halogens is 1. The van der Waals surface area contributed by atoms with Crippen LogP contribution in [0.25, 0.3) is 10.8 Å². The van der Waals surface area contributed by atoms with Gasteiger partial charge < -0.3 is 9.80 Å². The standard InChI is InChI=1S/C17H22NOP.C14H16N.ClHO4.Pd/c1-11-12(2)16-14(17(19)18(3)4)10-15(11)20(16)13-8-6-5-7-9-13;1-11(15(2)3)13-10-6-8-12-7-4-5-9-14(12)13;2-1(3,4)5;/h5-9,14-16H,10H2,1-4H3;4-9,11H,1-3H3;(H,2,3,4,5);/q;-1;;+2/p-1/t14-,15+,16+,20+;11-;;/m00../s1. The zero-order valence-electron chi connectivity index (χ0n) is 24.4. The first kappa shape index (κ1) is 35.5. The van der Waals surface area contributed by atoms with Crippen LogP contribution in [0.15, 0.2) is 77.9 Å². The van der Waals surface area contributed by atoms with Crippen molar-refractivity contribution in [1.29, 1.82) is 0 Å². The summed E-state index contributed by atoms with van der Waals surface area (Å²) in [5, 5.41) is 4.06. The van der Waals surface area contributed by atoms with Crippen LogP contribution in [0.5, 0.6) is 0 Å². The second kappa shape index (κ2) is 15.2. The molecule has 0 N–H and O–H groups in total. The van der Waals surface area contributed by atoms with Crippen LogP contribution in [0.1, 0.15) is 38.8 Å². The Labute approximate surface area is 261 Å². The van der Waals surface area contributed by atoms with Crippen molar-refractivity contribution >= 4 is 29.9 Å². The van der Waals surface area contributed by atoms with Gasteiger partial charge in [0.2, 0.25) is 5.91 Å². The fourth-order valence-electron chi connectivity index (χ4n) is 5.56. The molecule has 0 saturated carbocycles. The first-order valence-corrected chi connectivity index (χ1v) is 15.8. The van der Waals surface area contributed by atoms with Gasteiger partial charge in [-0.3, -0.25) is 4.79 Å². The molecule has 3 aromatic carbocycles. The molecule has 0 radical (unpaired) electrons. The second-order valence-corrected chi connectivity index (χ2v) is 13.9. The summed E-state index contributed by atoms with van der Waals surface area (Å²) in [5.74, 6) is 0.512. The van der Waals surface area contributed by atoms with Crippen molar-refractivity contribution in [3.63, 3.8) is 0 Å².